The summed E-state index contributed by atoms with van der Waals surface area (Å²) >= 11 is 0. The van der Waals surface area contributed by atoms with Crippen LogP contribution in [0.15, 0.2) is 55.5 Å². The number of aryl methyl sites for hydroxylation is 2. The van der Waals surface area contributed by atoms with Crippen molar-refractivity contribution in [2.75, 3.05) is 0 Å². The standard InChI is InChI=1S/C22H17N9/c1-12-5-14(8-23-7-12)16-6-15-17(9-25-16)29-30-19(15)22-27-20-18(3-4-24-21(20)28-22)31-10-13(2)26-11-31/h3-11H,1-2H3,(H,29,30)(H,24,27,28). The van der Waals surface area contributed by atoms with Gasteiger partial charge >= 0.3 is 0 Å². The lowest BCUT2D eigenvalue weighted by atomic mass is 10.1. The van der Waals surface area contributed by atoms with Crippen molar-refractivity contribution in [3.8, 4) is 28.5 Å². The van der Waals surface area contributed by atoms with E-state index < -0.39 is 0 Å². The number of H-pyrrole nitrogens is 2. The van der Waals surface area contributed by atoms with E-state index in [1.54, 1.807) is 18.7 Å². The molecule has 0 saturated heterocycles. The highest BCUT2D eigenvalue weighted by Crippen LogP contribution is 2.30. The number of nitrogens with one attached hydrogen (secondary N) is 2. The van der Waals surface area contributed by atoms with Gasteiger partial charge in [-0.2, -0.15) is 5.10 Å². The van der Waals surface area contributed by atoms with E-state index in [1.807, 2.05) is 49.1 Å². The highest BCUT2D eigenvalue weighted by Gasteiger charge is 2.17. The molecule has 150 valence electrons. The lowest BCUT2D eigenvalue weighted by Crippen LogP contribution is -1.92. The largest absolute Gasteiger partial charge is 0.333 e. The zero-order valence-corrected chi connectivity index (χ0v) is 16.8. The predicted octanol–water partition coefficient (Wildman–Crippen LogP) is 3.76. The number of nitrogens with zero attached hydrogens (tertiary/aromatic N) is 7. The van der Waals surface area contributed by atoms with Crippen LogP contribution in [0, 0.1) is 13.8 Å². The molecule has 9 heteroatoms. The number of pyridine rings is 3. The molecule has 31 heavy (non-hydrogen) atoms. The van der Waals surface area contributed by atoms with Crippen molar-refractivity contribution in [3.63, 3.8) is 0 Å². The van der Waals surface area contributed by atoms with Gasteiger partial charge in [0.15, 0.2) is 11.5 Å². The Morgan fingerprint density at radius 2 is 1.94 bits per heavy atom. The van der Waals surface area contributed by atoms with Crippen LogP contribution in [-0.2, 0) is 0 Å². The summed E-state index contributed by atoms with van der Waals surface area (Å²) in [5.74, 6) is 0.637. The van der Waals surface area contributed by atoms with Gasteiger partial charge in [-0.1, -0.05) is 0 Å². The molecule has 0 atom stereocenters. The molecular weight excluding hydrogens is 390 g/mol. The molecule has 0 saturated carbocycles. The van der Waals surface area contributed by atoms with Crippen LogP contribution in [0.2, 0.25) is 0 Å². The van der Waals surface area contributed by atoms with Crippen LogP contribution in [0.4, 0.5) is 0 Å². The first-order valence-electron chi connectivity index (χ1n) is 9.78. The molecule has 0 radical (unpaired) electrons. The maximum atomic E-state index is 4.70. The number of hydrogen-bond acceptors (Lipinski definition) is 6. The lowest BCUT2D eigenvalue weighted by molar-refractivity contribution is 1.06. The van der Waals surface area contributed by atoms with Crippen LogP contribution in [-0.4, -0.2) is 44.7 Å². The van der Waals surface area contributed by atoms with Gasteiger partial charge in [0.1, 0.15) is 11.2 Å². The number of hydrogen-bond donors (Lipinski definition) is 2. The van der Waals surface area contributed by atoms with Crippen molar-refractivity contribution in [3.05, 3.63) is 66.8 Å². The normalized spacial score (nSPS) is 11.5. The zero-order chi connectivity index (χ0) is 20.9. The van der Waals surface area contributed by atoms with Crippen molar-refractivity contribution >= 4 is 22.1 Å². The molecule has 2 N–H and O–H groups in total. The number of rotatable bonds is 3. The third-order valence-electron chi connectivity index (χ3n) is 5.20. The summed E-state index contributed by atoms with van der Waals surface area (Å²) in [6.07, 6.45) is 10.9. The average Bonchev–Trinajstić information content (AvgIpc) is 3.50. The minimum atomic E-state index is 0.618. The van der Waals surface area contributed by atoms with Gasteiger partial charge in [0.05, 0.1) is 35.1 Å². The molecule has 6 aromatic rings. The summed E-state index contributed by atoms with van der Waals surface area (Å²) in [7, 11) is 0. The smallest absolute Gasteiger partial charge is 0.180 e. The number of aromatic nitrogens is 9. The van der Waals surface area contributed by atoms with Crippen molar-refractivity contribution in [2.45, 2.75) is 13.8 Å². The molecule has 0 aromatic carbocycles. The van der Waals surface area contributed by atoms with Crippen LogP contribution in [0.3, 0.4) is 0 Å². The van der Waals surface area contributed by atoms with Crippen molar-refractivity contribution in [1.82, 2.24) is 44.7 Å². The van der Waals surface area contributed by atoms with Gasteiger partial charge < -0.3 is 9.55 Å². The fraction of sp³-hybridized carbons (Fsp3) is 0.0909. The fourth-order valence-corrected chi connectivity index (χ4v) is 3.73. The van der Waals surface area contributed by atoms with Crippen molar-refractivity contribution < 1.29 is 0 Å². The monoisotopic (exact) mass is 407 g/mol. The topological polar surface area (TPSA) is 114 Å². The van der Waals surface area contributed by atoms with Crippen LogP contribution < -0.4 is 0 Å². The van der Waals surface area contributed by atoms with Gasteiger partial charge in [0, 0.05) is 35.7 Å². The summed E-state index contributed by atoms with van der Waals surface area (Å²) in [6.45, 7) is 3.97. The maximum Gasteiger partial charge on any atom is 0.180 e. The highest BCUT2D eigenvalue weighted by atomic mass is 15.2. The predicted molar refractivity (Wildman–Crippen MR) is 117 cm³/mol. The van der Waals surface area contributed by atoms with Gasteiger partial charge in [-0.15, -0.1) is 0 Å². The van der Waals surface area contributed by atoms with Crippen LogP contribution in [0.5, 0.6) is 0 Å². The van der Waals surface area contributed by atoms with Gasteiger partial charge in [-0.05, 0) is 37.6 Å². The summed E-state index contributed by atoms with van der Waals surface area (Å²) in [4.78, 5) is 25.7. The molecule has 6 heterocycles. The maximum absolute atomic E-state index is 4.70. The van der Waals surface area contributed by atoms with Gasteiger partial charge in [-0.25, -0.2) is 15.0 Å². The molecule has 0 fully saturated rings. The summed E-state index contributed by atoms with van der Waals surface area (Å²) in [5, 5.41) is 8.47. The van der Waals surface area contributed by atoms with E-state index in [0.29, 0.717) is 17.2 Å². The summed E-state index contributed by atoms with van der Waals surface area (Å²) in [5.41, 5.74) is 7.72. The highest BCUT2D eigenvalue weighted by molar-refractivity contribution is 5.95. The molecule has 0 aliphatic rings. The lowest BCUT2D eigenvalue weighted by Gasteiger charge is -2.02. The second-order valence-corrected chi connectivity index (χ2v) is 7.47. The molecule has 0 aliphatic heterocycles. The molecule has 0 spiro atoms. The second-order valence-electron chi connectivity index (χ2n) is 7.47. The SMILES string of the molecule is Cc1cncc(-c2cc3c(-c4nc5nccc(-n6cnc(C)c6)c5[nH]4)n[nH]c3cn2)c1. The summed E-state index contributed by atoms with van der Waals surface area (Å²) < 4.78 is 1.96. The second kappa shape index (κ2) is 6.56. The van der Waals surface area contributed by atoms with Crippen LogP contribution >= 0.6 is 0 Å². The molecule has 6 rings (SSSR count). The molecule has 0 aliphatic carbocycles. The third-order valence-corrected chi connectivity index (χ3v) is 5.20. The molecule has 6 aromatic heterocycles. The first kappa shape index (κ1) is 17.5. The van der Waals surface area contributed by atoms with E-state index in [4.69, 9.17) is 4.98 Å². The Hall–Kier alpha value is -4.40. The van der Waals surface area contributed by atoms with E-state index in [9.17, 15) is 0 Å². The number of fused-ring (bicyclic) bond motifs is 2. The minimum Gasteiger partial charge on any atom is -0.333 e. The van der Waals surface area contributed by atoms with Crippen LogP contribution in [0.1, 0.15) is 11.3 Å². The number of aromatic amines is 2. The Kier molecular flexibility index (Phi) is 3.69. The van der Waals surface area contributed by atoms with E-state index in [1.165, 1.54) is 0 Å². The van der Waals surface area contributed by atoms with Crippen LogP contribution in [0.25, 0.3) is 50.5 Å². The average molecular weight is 407 g/mol. The molecule has 0 bridgehead atoms. The Labute approximate surface area is 176 Å². The zero-order valence-electron chi connectivity index (χ0n) is 16.8. The Bertz CT molecular complexity index is 1570. The first-order valence-corrected chi connectivity index (χ1v) is 9.78. The fourth-order valence-electron chi connectivity index (χ4n) is 3.73. The van der Waals surface area contributed by atoms with E-state index in [-0.39, 0.29) is 0 Å². The third kappa shape index (κ3) is 2.86. The van der Waals surface area contributed by atoms with Crippen molar-refractivity contribution in [2.24, 2.45) is 0 Å². The summed E-state index contributed by atoms with van der Waals surface area (Å²) in [6, 6.07) is 6.00. The first-order chi connectivity index (χ1) is 15.2. The van der Waals surface area contributed by atoms with Crippen molar-refractivity contribution in [1.29, 1.82) is 0 Å². The molecule has 0 unspecified atom stereocenters. The minimum absolute atomic E-state index is 0.618. The van der Waals surface area contributed by atoms with E-state index in [2.05, 4.69) is 41.2 Å². The molecule has 9 nitrogen and oxygen atoms in total. The van der Waals surface area contributed by atoms with E-state index >= 15 is 0 Å². The quantitative estimate of drug-likeness (QED) is 0.462. The van der Waals surface area contributed by atoms with E-state index in [0.717, 1.165) is 44.6 Å². The Balaban J connectivity index is 1.51. The van der Waals surface area contributed by atoms with Gasteiger partial charge in [0.25, 0.3) is 0 Å². The van der Waals surface area contributed by atoms with Gasteiger partial charge in [0.2, 0.25) is 0 Å². The number of imidazole rings is 2. The Morgan fingerprint density at radius 1 is 1.00 bits per heavy atom. The molecular formula is C22H17N9. The Morgan fingerprint density at radius 3 is 2.77 bits per heavy atom. The molecule has 0 amide bonds. The van der Waals surface area contributed by atoms with Gasteiger partial charge in [-0.3, -0.25) is 15.1 Å².